The van der Waals surface area contributed by atoms with Gasteiger partial charge in [0.2, 0.25) is 0 Å². The smallest absolute Gasteiger partial charge is 0.254 e. The van der Waals surface area contributed by atoms with Crippen LogP contribution in [0.25, 0.3) is 0 Å². The zero-order valence-corrected chi connectivity index (χ0v) is 12.2. The fraction of sp³-hybridized carbons (Fsp3) is 0.562. The second kappa shape index (κ2) is 6.20. The van der Waals surface area contributed by atoms with Crippen molar-refractivity contribution in [2.45, 2.75) is 33.1 Å². The number of amides is 1. The highest BCUT2D eigenvalue weighted by Gasteiger charge is 2.19. The highest BCUT2D eigenvalue weighted by molar-refractivity contribution is 5.95. The Kier molecular flexibility index (Phi) is 4.59. The maximum absolute atomic E-state index is 12.6. The topological polar surface area (TPSA) is 32.3 Å². The van der Waals surface area contributed by atoms with Gasteiger partial charge >= 0.3 is 0 Å². The molecule has 2 rings (SSSR count). The minimum atomic E-state index is 0.184. The quantitative estimate of drug-likeness (QED) is 0.886. The van der Waals surface area contributed by atoms with Gasteiger partial charge in [-0.05, 0) is 43.0 Å². The Bertz CT molecular complexity index is 446. The summed E-state index contributed by atoms with van der Waals surface area (Å²) in [7, 11) is 0. The fourth-order valence-electron chi connectivity index (χ4n) is 2.45. The van der Waals surface area contributed by atoms with Gasteiger partial charge in [0.1, 0.15) is 0 Å². The third kappa shape index (κ3) is 3.35. The van der Waals surface area contributed by atoms with Crippen molar-refractivity contribution in [3.8, 4) is 0 Å². The second-order valence-electron chi connectivity index (χ2n) is 5.62. The summed E-state index contributed by atoms with van der Waals surface area (Å²) in [5, 5.41) is 3.33. The number of rotatable bonds is 2. The molecule has 104 valence electrons. The van der Waals surface area contributed by atoms with Crippen molar-refractivity contribution in [3.63, 3.8) is 0 Å². The number of aryl methyl sites for hydroxylation is 1. The van der Waals surface area contributed by atoms with Crippen molar-refractivity contribution in [2.24, 2.45) is 0 Å². The molecule has 1 aromatic carbocycles. The van der Waals surface area contributed by atoms with E-state index in [-0.39, 0.29) is 5.91 Å². The monoisotopic (exact) mass is 260 g/mol. The lowest BCUT2D eigenvalue weighted by Crippen LogP contribution is -2.34. The summed E-state index contributed by atoms with van der Waals surface area (Å²) in [6.45, 7) is 9.92. The Morgan fingerprint density at radius 2 is 2.05 bits per heavy atom. The molecule has 1 saturated heterocycles. The number of hydrogen-bond donors (Lipinski definition) is 1. The molecule has 0 radical (unpaired) electrons. The number of hydrogen-bond acceptors (Lipinski definition) is 2. The van der Waals surface area contributed by atoms with Crippen molar-refractivity contribution >= 4 is 5.91 Å². The van der Waals surface area contributed by atoms with Crippen molar-refractivity contribution in [3.05, 3.63) is 34.9 Å². The van der Waals surface area contributed by atoms with Gasteiger partial charge in [-0.3, -0.25) is 4.79 Å². The molecule has 0 bridgehead atoms. The molecule has 1 heterocycles. The zero-order chi connectivity index (χ0) is 13.8. The molecule has 19 heavy (non-hydrogen) atoms. The average molecular weight is 260 g/mol. The predicted molar refractivity (Wildman–Crippen MR) is 78.7 cm³/mol. The summed E-state index contributed by atoms with van der Waals surface area (Å²) in [5.41, 5.74) is 3.18. The average Bonchev–Trinajstić information content (AvgIpc) is 2.67. The molecule has 0 spiro atoms. The molecule has 0 saturated carbocycles. The van der Waals surface area contributed by atoms with Gasteiger partial charge in [0.25, 0.3) is 5.91 Å². The van der Waals surface area contributed by atoms with E-state index in [2.05, 4.69) is 37.4 Å². The lowest BCUT2D eigenvalue weighted by atomic mass is 9.97. The van der Waals surface area contributed by atoms with Gasteiger partial charge in [-0.15, -0.1) is 0 Å². The van der Waals surface area contributed by atoms with E-state index >= 15 is 0 Å². The number of carbonyl (C=O) groups excluding carboxylic acids is 1. The first-order valence-corrected chi connectivity index (χ1v) is 7.20. The first kappa shape index (κ1) is 14.1. The summed E-state index contributed by atoms with van der Waals surface area (Å²) in [4.78, 5) is 14.6. The summed E-state index contributed by atoms with van der Waals surface area (Å²) in [6, 6.07) is 6.26. The van der Waals surface area contributed by atoms with E-state index in [0.717, 1.165) is 43.7 Å². The van der Waals surface area contributed by atoms with Crippen LogP contribution in [0.5, 0.6) is 0 Å². The highest BCUT2D eigenvalue weighted by atomic mass is 16.2. The van der Waals surface area contributed by atoms with Crippen LogP contribution in [0.2, 0.25) is 0 Å². The maximum atomic E-state index is 12.6. The molecule has 3 nitrogen and oxygen atoms in total. The van der Waals surface area contributed by atoms with Crippen molar-refractivity contribution in [2.75, 3.05) is 26.2 Å². The van der Waals surface area contributed by atoms with Crippen LogP contribution in [0.15, 0.2) is 18.2 Å². The maximum Gasteiger partial charge on any atom is 0.254 e. The lowest BCUT2D eigenvalue weighted by molar-refractivity contribution is 0.0765. The Morgan fingerprint density at radius 1 is 1.26 bits per heavy atom. The second-order valence-corrected chi connectivity index (χ2v) is 5.62. The fourth-order valence-corrected chi connectivity index (χ4v) is 2.45. The molecule has 0 atom stereocenters. The zero-order valence-electron chi connectivity index (χ0n) is 12.2. The van der Waals surface area contributed by atoms with Crippen LogP contribution in [0, 0.1) is 6.92 Å². The summed E-state index contributed by atoms with van der Waals surface area (Å²) in [5.74, 6) is 0.640. The van der Waals surface area contributed by atoms with Gasteiger partial charge in [0, 0.05) is 25.2 Å². The van der Waals surface area contributed by atoms with Crippen LogP contribution < -0.4 is 5.32 Å². The van der Waals surface area contributed by atoms with E-state index in [9.17, 15) is 4.79 Å². The van der Waals surface area contributed by atoms with Gasteiger partial charge in [-0.2, -0.15) is 0 Å². The molecule has 1 aliphatic rings. The number of benzene rings is 1. The molecule has 1 aliphatic heterocycles. The van der Waals surface area contributed by atoms with Crippen LogP contribution in [-0.4, -0.2) is 37.0 Å². The molecule has 0 aromatic heterocycles. The van der Waals surface area contributed by atoms with E-state index in [0.29, 0.717) is 5.92 Å². The largest absolute Gasteiger partial charge is 0.337 e. The van der Waals surface area contributed by atoms with Gasteiger partial charge in [-0.25, -0.2) is 0 Å². The molecule has 1 fully saturated rings. The van der Waals surface area contributed by atoms with Crippen molar-refractivity contribution in [1.82, 2.24) is 10.2 Å². The SMILES string of the molecule is Cc1ccc(C(C)C)cc1C(=O)N1CCCNCC1. The molecular formula is C16H24N2O. The minimum absolute atomic E-state index is 0.184. The van der Waals surface area contributed by atoms with Crippen LogP contribution in [-0.2, 0) is 0 Å². The molecular weight excluding hydrogens is 236 g/mol. The standard InChI is InChI=1S/C16H24N2O/c1-12(2)14-6-5-13(3)15(11-14)16(19)18-9-4-7-17-8-10-18/h5-6,11-12,17H,4,7-10H2,1-3H3. The molecule has 1 amide bonds. The predicted octanol–water partition coefficient (Wildman–Crippen LogP) is 2.55. The van der Waals surface area contributed by atoms with Crippen molar-refractivity contribution < 1.29 is 4.79 Å². The molecule has 3 heteroatoms. The van der Waals surface area contributed by atoms with Crippen LogP contribution in [0.4, 0.5) is 0 Å². The van der Waals surface area contributed by atoms with E-state index in [4.69, 9.17) is 0 Å². The Labute approximate surface area is 116 Å². The molecule has 0 unspecified atom stereocenters. The normalized spacial score (nSPS) is 16.5. The minimum Gasteiger partial charge on any atom is -0.337 e. The molecule has 1 aromatic rings. The van der Waals surface area contributed by atoms with Crippen LogP contribution in [0.1, 0.15) is 47.7 Å². The third-order valence-corrected chi connectivity index (χ3v) is 3.79. The Hall–Kier alpha value is -1.35. The first-order valence-electron chi connectivity index (χ1n) is 7.20. The van der Waals surface area contributed by atoms with E-state index in [1.807, 2.05) is 11.8 Å². The Balaban J connectivity index is 2.24. The van der Waals surface area contributed by atoms with Crippen LogP contribution >= 0.6 is 0 Å². The molecule has 0 aliphatic carbocycles. The summed E-state index contributed by atoms with van der Waals surface area (Å²) >= 11 is 0. The third-order valence-electron chi connectivity index (χ3n) is 3.79. The lowest BCUT2D eigenvalue weighted by Gasteiger charge is -2.21. The summed E-state index contributed by atoms with van der Waals surface area (Å²) < 4.78 is 0. The van der Waals surface area contributed by atoms with E-state index in [1.165, 1.54) is 5.56 Å². The van der Waals surface area contributed by atoms with E-state index < -0.39 is 0 Å². The first-order chi connectivity index (χ1) is 9.09. The van der Waals surface area contributed by atoms with Crippen molar-refractivity contribution in [1.29, 1.82) is 0 Å². The Morgan fingerprint density at radius 3 is 2.79 bits per heavy atom. The van der Waals surface area contributed by atoms with Gasteiger partial charge < -0.3 is 10.2 Å². The number of carbonyl (C=O) groups is 1. The molecule has 1 N–H and O–H groups in total. The van der Waals surface area contributed by atoms with Gasteiger partial charge in [0.05, 0.1) is 0 Å². The van der Waals surface area contributed by atoms with Crippen LogP contribution in [0.3, 0.4) is 0 Å². The number of nitrogens with one attached hydrogen (secondary N) is 1. The summed E-state index contributed by atoms with van der Waals surface area (Å²) in [6.07, 6.45) is 1.04. The number of nitrogens with zero attached hydrogens (tertiary/aromatic N) is 1. The van der Waals surface area contributed by atoms with Gasteiger partial charge in [0.15, 0.2) is 0 Å². The highest BCUT2D eigenvalue weighted by Crippen LogP contribution is 2.20. The van der Waals surface area contributed by atoms with Gasteiger partial charge in [-0.1, -0.05) is 26.0 Å². The van der Waals surface area contributed by atoms with E-state index in [1.54, 1.807) is 0 Å².